The van der Waals surface area contributed by atoms with Gasteiger partial charge >= 0.3 is 0 Å². The normalized spacial score (nSPS) is 23.8. The Bertz CT molecular complexity index is 495. The zero-order valence-corrected chi connectivity index (χ0v) is 11.4. The average molecular weight is 282 g/mol. The molecule has 0 saturated carbocycles. The summed E-state index contributed by atoms with van der Waals surface area (Å²) in [4.78, 5) is 13.1. The summed E-state index contributed by atoms with van der Waals surface area (Å²) in [5.74, 6) is -0.940. The topological polar surface area (TPSA) is 75.8 Å². The van der Waals surface area contributed by atoms with Crippen molar-refractivity contribution in [3.63, 3.8) is 0 Å². The molecule has 0 spiro atoms. The van der Waals surface area contributed by atoms with Gasteiger partial charge in [-0.15, -0.1) is 0 Å². The van der Waals surface area contributed by atoms with Crippen LogP contribution >= 0.6 is 0 Å². The Morgan fingerprint density at radius 3 is 2.95 bits per heavy atom. The molecule has 1 aliphatic heterocycles. The summed E-state index contributed by atoms with van der Waals surface area (Å²) in [5.41, 5.74) is 5.92. The molecule has 0 bridgehead atoms. The van der Waals surface area contributed by atoms with Crippen LogP contribution in [0.2, 0.25) is 0 Å². The van der Waals surface area contributed by atoms with Crippen molar-refractivity contribution in [2.75, 3.05) is 19.7 Å². The summed E-state index contributed by atoms with van der Waals surface area (Å²) < 4.78 is 19.3. The van der Waals surface area contributed by atoms with E-state index in [1.54, 1.807) is 0 Å². The maximum absolute atomic E-state index is 13.8. The van der Waals surface area contributed by atoms with Gasteiger partial charge in [-0.25, -0.2) is 4.39 Å². The zero-order valence-electron chi connectivity index (χ0n) is 11.4. The predicted octanol–water partition coefficient (Wildman–Crippen LogP) is 0.506. The molecule has 1 heterocycles. The summed E-state index contributed by atoms with van der Waals surface area (Å²) in [6.07, 6.45) is -0.288. The maximum Gasteiger partial charge on any atom is 0.248 e. The number of primary amides is 1. The number of aliphatic hydroxyl groups excluding tert-OH is 1. The van der Waals surface area contributed by atoms with E-state index in [2.05, 4.69) is 0 Å². The van der Waals surface area contributed by atoms with E-state index in [4.69, 9.17) is 10.5 Å². The minimum Gasteiger partial charge on any atom is -0.394 e. The maximum atomic E-state index is 13.8. The lowest BCUT2D eigenvalue weighted by Crippen LogP contribution is -2.47. The highest BCUT2D eigenvalue weighted by Crippen LogP contribution is 2.17. The third-order valence-corrected chi connectivity index (χ3v) is 3.33. The molecular formula is C14H19FN2O3. The van der Waals surface area contributed by atoms with Crippen molar-refractivity contribution in [3.8, 4) is 0 Å². The predicted molar refractivity (Wildman–Crippen MR) is 71.6 cm³/mol. The van der Waals surface area contributed by atoms with Crippen LogP contribution in [0.15, 0.2) is 18.2 Å². The molecule has 0 aromatic heterocycles. The molecule has 0 aliphatic carbocycles. The first kappa shape index (κ1) is 14.9. The van der Waals surface area contributed by atoms with Gasteiger partial charge in [0, 0.05) is 30.8 Å². The van der Waals surface area contributed by atoms with Gasteiger partial charge in [0.25, 0.3) is 0 Å². The zero-order chi connectivity index (χ0) is 14.7. The Morgan fingerprint density at radius 2 is 2.30 bits per heavy atom. The second-order valence-corrected chi connectivity index (χ2v) is 5.12. The fourth-order valence-corrected chi connectivity index (χ4v) is 2.46. The van der Waals surface area contributed by atoms with Crippen molar-refractivity contribution in [1.29, 1.82) is 0 Å². The molecule has 2 unspecified atom stereocenters. The van der Waals surface area contributed by atoms with Gasteiger partial charge in [0.05, 0.1) is 18.8 Å². The average Bonchev–Trinajstić information content (AvgIpc) is 2.40. The molecule has 20 heavy (non-hydrogen) atoms. The lowest BCUT2D eigenvalue weighted by molar-refractivity contribution is -0.0974. The second-order valence-electron chi connectivity index (χ2n) is 5.12. The lowest BCUT2D eigenvalue weighted by atomic mass is 10.1. The van der Waals surface area contributed by atoms with Crippen molar-refractivity contribution in [3.05, 3.63) is 35.1 Å². The number of amides is 1. The third-order valence-electron chi connectivity index (χ3n) is 3.33. The third kappa shape index (κ3) is 3.53. The van der Waals surface area contributed by atoms with Crippen LogP contribution < -0.4 is 5.73 Å². The molecule has 1 fully saturated rings. The van der Waals surface area contributed by atoms with Crippen molar-refractivity contribution in [2.45, 2.75) is 25.7 Å². The van der Waals surface area contributed by atoms with E-state index in [-0.39, 0.29) is 24.6 Å². The van der Waals surface area contributed by atoms with Crippen LogP contribution in [0.4, 0.5) is 4.39 Å². The van der Waals surface area contributed by atoms with Gasteiger partial charge < -0.3 is 15.6 Å². The molecule has 1 amide bonds. The minimum absolute atomic E-state index is 0.0247. The Morgan fingerprint density at radius 1 is 1.55 bits per heavy atom. The highest BCUT2D eigenvalue weighted by Gasteiger charge is 2.25. The molecule has 110 valence electrons. The van der Waals surface area contributed by atoms with Crippen molar-refractivity contribution in [2.24, 2.45) is 5.73 Å². The molecule has 0 radical (unpaired) electrons. The minimum atomic E-state index is -0.574. The summed E-state index contributed by atoms with van der Waals surface area (Å²) in [6, 6.07) is 4.11. The van der Waals surface area contributed by atoms with Gasteiger partial charge in [-0.2, -0.15) is 0 Å². The summed E-state index contributed by atoms with van der Waals surface area (Å²) >= 11 is 0. The molecule has 2 atom stereocenters. The first-order valence-corrected chi connectivity index (χ1v) is 6.56. The van der Waals surface area contributed by atoms with Crippen molar-refractivity contribution >= 4 is 5.91 Å². The van der Waals surface area contributed by atoms with Gasteiger partial charge in [-0.3, -0.25) is 9.69 Å². The molecule has 2 rings (SSSR count). The molecule has 1 aromatic carbocycles. The Labute approximate surface area is 117 Å². The SMILES string of the molecule is CC1CN(Cc2cc(C(N)=O)ccc2F)CC(CO)O1. The summed E-state index contributed by atoms with van der Waals surface area (Å²) in [6.45, 7) is 3.38. The van der Waals surface area contributed by atoms with Crippen LogP contribution in [0.25, 0.3) is 0 Å². The molecule has 5 nitrogen and oxygen atoms in total. The van der Waals surface area contributed by atoms with E-state index in [0.717, 1.165) is 0 Å². The van der Waals surface area contributed by atoms with Crippen LogP contribution in [0.1, 0.15) is 22.8 Å². The number of carbonyl (C=O) groups is 1. The number of morpholine rings is 1. The number of aliphatic hydroxyl groups is 1. The number of nitrogens with zero attached hydrogens (tertiary/aromatic N) is 1. The molecule has 1 aliphatic rings. The Balaban J connectivity index is 2.12. The first-order chi connectivity index (χ1) is 9.49. The van der Waals surface area contributed by atoms with E-state index in [0.29, 0.717) is 30.8 Å². The Kier molecular flexibility index (Phi) is 4.69. The number of ether oxygens (including phenoxy) is 1. The van der Waals surface area contributed by atoms with Gasteiger partial charge in [-0.1, -0.05) is 0 Å². The van der Waals surface area contributed by atoms with Crippen LogP contribution in [0, 0.1) is 5.82 Å². The summed E-state index contributed by atoms with van der Waals surface area (Å²) in [5, 5.41) is 9.18. The fourth-order valence-electron chi connectivity index (χ4n) is 2.46. The monoisotopic (exact) mass is 282 g/mol. The number of halogens is 1. The molecule has 3 N–H and O–H groups in total. The number of carbonyl (C=O) groups excluding carboxylic acids is 1. The van der Waals surface area contributed by atoms with Crippen molar-refractivity contribution in [1.82, 2.24) is 4.90 Å². The second kappa shape index (κ2) is 6.30. The van der Waals surface area contributed by atoms with Crippen LogP contribution in [0.3, 0.4) is 0 Å². The summed E-state index contributed by atoms with van der Waals surface area (Å²) in [7, 11) is 0. The highest BCUT2D eigenvalue weighted by atomic mass is 19.1. The van der Waals surface area contributed by atoms with E-state index in [1.165, 1.54) is 18.2 Å². The van der Waals surface area contributed by atoms with E-state index >= 15 is 0 Å². The lowest BCUT2D eigenvalue weighted by Gasteiger charge is -2.36. The number of nitrogens with two attached hydrogens (primary N) is 1. The quantitative estimate of drug-likeness (QED) is 0.843. The Hall–Kier alpha value is -1.50. The molecule has 6 heteroatoms. The van der Waals surface area contributed by atoms with Gasteiger partial charge in [0.15, 0.2) is 0 Å². The number of benzene rings is 1. The van der Waals surface area contributed by atoms with Gasteiger partial charge in [0.2, 0.25) is 5.91 Å². The van der Waals surface area contributed by atoms with E-state index in [9.17, 15) is 14.3 Å². The number of rotatable bonds is 4. The molecule has 1 saturated heterocycles. The number of hydrogen-bond acceptors (Lipinski definition) is 4. The number of hydrogen-bond donors (Lipinski definition) is 2. The van der Waals surface area contributed by atoms with Gasteiger partial charge in [0.1, 0.15) is 5.82 Å². The highest BCUT2D eigenvalue weighted by molar-refractivity contribution is 5.92. The standard InChI is InChI=1S/C14H19FN2O3/c1-9-5-17(7-12(8-18)20-9)6-11-4-10(14(16)19)2-3-13(11)15/h2-4,9,12,18H,5-8H2,1H3,(H2,16,19). The van der Waals surface area contributed by atoms with Crippen LogP contribution in [-0.4, -0.2) is 47.8 Å². The molecular weight excluding hydrogens is 263 g/mol. The molecule has 1 aromatic rings. The van der Waals surface area contributed by atoms with E-state index in [1.807, 2.05) is 11.8 Å². The first-order valence-electron chi connectivity index (χ1n) is 6.56. The largest absolute Gasteiger partial charge is 0.394 e. The van der Waals surface area contributed by atoms with E-state index < -0.39 is 5.91 Å². The van der Waals surface area contributed by atoms with Crippen LogP contribution in [-0.2, 0) is 11.3 Å². The van der Waals surface area contributed by atoms with Gasteiger partial charge in [-0.05, 0) is 25.1 Å². The van der Waals surface area contributed by atoms with Crippen LogP contribution in [0.5, 0.6) is 0 Å². The fraction of sp³-hybridized carbons (Fsp3) is 0.500. The smallest absolute Gasteiger partial charge is 0.248 e. The van der Waals surface area contributed by atoms with Crippen molar-refractivity contribution < 1.29 is 19.0 Å².